The summed E-state index contributed by atoms with van der Waals surface area (Å²) in [6.45, 7) is 2.72. The third kappa shape index (κ3) is 4.98. The smallest absolute Gasteiger partial charge is 0.337 e. The predicted molar refractivity (Wildman–Crippen MR) is 81.1 cm³/mol. The van der Waals surface area contributed by atoms with Crippen LogP contribution in [0.3, 0.4) is 0 Å². The Morgan fingerprint density at radius 3 is 2.62 bits per heavy atom. The summed E-state index contributed by atoms with van der Waals surface area (Å²) in [4.78, 5) is 24.8. The molecule has 0 spiro atoms. The van der Waals surface area contributed by atoms with E-state index in [0.29, 0.717) is 12.3 Å². The van der Waals surface area contributed by atoms with Crippen LogP contribution in [0, 0.1) is 0 Å². The first-order valence-electron chi connectivity index (χ1n) is 6.93. The summed E-state index contributed by atoms with van der Waals surface area (Å²) in [5, 5.41) is 11.8. The molecule has 1 rings (SSSR count). The van der Waals surface area contributed by atoms with Crippen LogP contribution in [0.1, 0.15) is 36.5 Å². The number of amides is 2. The van der Waals surface area contributed by atoms with Crippen LogP contribution < -0.4 is 10.1 Å². The summed E-state index contributed by atoms with van der Waals surface area (Å²) < 4.78 is 5.05. The van der Waals surface area contributed by atoms with Crippen molar-refractivity contribution < 1.29 is 19.4 Å². The highest BCUT2D eigenvalue weighted by molar-refractivity contribution is 6.00. The van der Waals surface area contributed by atoms with Gasteiger partial charge in [0.05, 0.1) is 18.4 Å². The molecule has 0 atom stereocenters. The molecule has 6 heteroatoms. The minimum atomic E-state index is -1.10. The highest BCUT2D eigenvalue weighted by Crippen LogP contribution is 2.23. The van der Waals surface area contributed by atoms with Gasteiger partial charge in [-0.05, 0) is 18.6 Å². The van der Waals surface area contributed by atoms with Crippen molar-refractivity contribution in [3.63, 3.8) is 0 Å². The number of unbranched alkanes of at least 4 members (excludes halogenated alkanes) is 2. The van der Waals surface area contributed by atoms with E-state index in [2.05, 4.69) is 12.2 Å². The lowest BCUT2D eigenvalue weighted by Gasteiger charge is -2.19. The number of ether oxygens (including phenoxy) is 1. The van der Waals surface area contributed by atoms with Crippen LogP contribution in [0.4, 0.5) is 10.5 Å². The van der Waals surface area contributed by atoms with E-state index in [9.17, 15) is 9.59 Å². The molecule has 0 unspecified atom stereocenters. The number of aromatic carboxylic acids is 1. The molecular formula is C15H22N2O4. The molecule has 0 aliphatic heterocycles. The van der Waals surface area contributed by atoms with Gasteiger partial charge >= 0.3 is 12.0 Å². The zero-order chi connectivity index (χ0) is 15.8. The summed E-state index contributed by atoms with van der Waals surface area (Å²) >= 11 is 0. The lowest BCUT2D eigenvalue weighted by atomic mass is 10.1. The number of nitrogens with one attached hydrogen (secondary N) is 1. The molecule has 0 aliphatic rings. The second-order valence-corrected chi connectivity index (χ2v) is 4.78. The Morgan fingerprint density at radius 1 is 1.33 bits per heavy atom. The van der Waals surface area contributed by atoms with E-state index in [0.717, 1.165) is 19.3 Å². The van der Waals surface area contributed by atoms with Gasteiger partial charge in [-0.3, -0.25) is 0 Å². The van der Waals surface area contributed by atoms with Gasteiger partial charge in [0.25, 0.3) is 0 Å². The molecule has 1 aromatic carbocycles. The quantitative estimate of drug-likeness (QED) is 0.758. The summed E-state index contributed by atoms with van der Waals surface area (Å²) in [5.74, 6) is -0.606. The highest BCUT2D eigenvalue weighted by atomic mass is 16.5. The number of benzene rings is 1. The molecule has 0 aliphatic carbocycles. The first-order valence-corrected chi connectivity index (χ1v) is 6.93. The zero-order valence-corrected chi connectivity index (χ0v) is 12.7. The number of carbonyl (C=O) groups excluding carboxylic acids is 1. The summed E-state index contributed by atoms with van der Waals surface area (Å²) in [6.07, 6.45) is 3.05. The Bertz CT molecular complexity index is 502. The average Bonchev–Trinajstić information content (AvgIpc) is 2.46. The average molecular weight is 294 g/mol. The van der Waals surface area contributed by atoms with Gasteiger partial charge in [0.1, 0.15) is 5.75 Å². The molecule has 6 nitrogen and oxygen atoms in total. The number of hydrogen-bond donors (Lipinski definition) is 2. The van der Waals surface area contributed by atoms with Crippen molar-refractivity contribution in [2.45, 2.75) is 26.2 Å². The van der Waals surface area contributed by atoms with E-state index in [1.807, 2.05) is 0 Å². The Hall–Kier alpha value is -2.24. The van der Waals surface area contributed by atoms with Crippen LogP contribution >= 0.6 is 0 Å². The molecular weight excluding hydrogens is 272 g/mol. The van der Waals surface area contributed by atoms with E-state index in [1.165, 1.54) is 19.2 Å². The standard InChI is InChI=1S/C15H22N2O4/c1-4-5-6-9-17(2)15(20)16-13-10-11(21-3)7-8-12(13)14(18)19/h7-8,10H,4-6,9H2,1-3H3,(H,16,20)(H,18,19). The highest BCUT2D eigenvalue weighted by Gasteiger charge is 2.15. The van der Waals surface area contributed by atoms with Gasteiger partial charge < -0.3 is 20.1 Å². The summed E-state index contributed by atoms with van der Waals surface area (Å²) in [6, 6.07) is 4.13. The van der Waals surface area contributed by atoms with Crippen molar-refractivity contribution >= 4 is 17.7 Å². The van der Waals surface area contributed by atoms with E-state index in [1.54, 1.807) is 18.0 Å². The van der Waals surface area contributed by atoms with Crippen molar-refractivity contribution in [2.75, 3.05) is 26.0 Å². The van der Waals surface area contributed by atoms with E-state index >= 15 is 0 Å². The number of methoxy groups -OCH3 is 1. The number of carboxylic acids is 1. The Labute approximate surface area is 124 Å². The van der Waals surface area contributed by atoms with Gasteiger partial charge in [-0.1, -0.05) is 19.8 Å². The molecule has 116 valence electrons. The molecule has 0 fully saturated rings. The second kappa shape index (κ2) is 8.14. The Morgan fingerprint density at radius 2 is 2.05 bits per heavy atom. The van der Waals surface area contributed by atoms with Gasteiger partial charge in [-0.2, -0.15) is 0 Å². The van der Waals surface area contributed by atoms with Crippen LogP contribution in [0.15, 0.2) is 18.2 Å². The molecule has 2 amide bonds. The fourth-order valence-corrected chi connectivity index (χ4v) is 1.85. The Balaban J connectivity index is 2.80. The maximum Gasteiger partial charge on any atom is 0.337 e. The number of urea groups is 1. The van der Waals surface area contributed by atoms with Crippen molar-refractivity contribution in [3.8, 4) is 5.75 Å². The molecule has 0 bridgehead atoms. The van der Waals surface area contributed by atoms with Crippen LogP contribution in [-0.4, -0.2) is 42.7 Å². The minimum absolute atomic E-state index is 0.0334. The van der Waals surface area contributed by atoms with Crippen LogP contribution in [0.25, 0.3) is 0 Å². The second-order valence-electron chi connectivity index (χ2n) is 4.78. The minimum Gasteiger partial charge on any atom is -0.497 e. The van der Waals surface area contributed by atoms with Gasteiger partial charge in [0, 0.05) is 19.7 Å². The van der Waals surface area contributed by atoms with Crippen molar-refractivity contribution in [1.29, 1.82) is 0 Å². The van der Waals surface area contributed by atoms with Crippen molar-refractivity contribution in [1.82, 2.24) is 4.90 Å². The molecule has 0 aromatic heterocycles. The lowest BCUT2D eigenvalue weighted by molar-refractivity contribution is 0.0698. The van der Waals surface area contributed by atoms with Crippen molar-refractivity contribution in [2.24, 2.45) is 0 Å². The number of nitrogens with zero attached hydrogens (tertiary/aromatic N) is 1. The topological polar surface area (TPSA) is 78.9 Å². The van der Waals surface area contributed by atoms with Crippen LogP contribution in [-0.2, 0) is 0 Å². The van der Waals surface area contributed by atoms with Crippen LogP contribution in [0.5, 0.6) is 5.75 Å². The molecule has 0 saturated heterocycles. The lowest BCUT2D eigenvalue weighted by Crippen LogP contribution is -2.32. The first kappa shape index (κ1) is 16.8. The Kier molecular flexibility index (Phi) is 6.52. The molecule has 0 saturated carbocycles. The number of anilines is 1. The summed E-state index contributed by atoms with van der Waals surface area (Å²) in [5.41, 5.74) is 0.264. The molecule has 0 heterocycles. The van der Waals surface area contributed by atoms with Gasteiger partial charge in [0.15, 0.2) is 0 Å². The third-order valence-electron chi connectivity index (χ3n) is 3.14. The fourth-order valence-electron chi connectivity index (χ4n) is 1.85. The largest absolute Gasteiger partial charge is 0.497 e. The van der Waals surface area contributed by atoms with E-state index in [4.69, 9.17) is 9.84 Å². The SMILES string of the molecule is CCCCCN(C)C(=O)Nc1cc(OC)ccc1C(=O)O. The molecule has 0 radical (unpaired) electrons. The van der Waals surface area contributed by atoms with Gasteiger partial charge in [-0.25, -0.2) is 9.59 Å². The monoisotopic (exact) mass is 294 g/mol. The summed E-state index contributed by atoms with van der Waals surface area (Å²) in [7, 11) is 3.17. The van der Waals surface area contributed by atoms with Crippen LogP contribution in [0.2, 0.25) is 0 Å². The number of carboxylic acid groups (broad SMARTS) is 1. The van der Waals surface area contributed by atoms with E-state index in [-0.39, 0.29) is 17.3 Å². The van der Waals surface area contributed by atoms with Gasteiger partial charge in [0.2, 0.25) is 0 Å². The third-order valence-corrected chi connectivity index (χ3v) is 3.14. The number of rotatable bonds is 7. The van der Waals surface area contributed by atoms with E-state index < -0.39 is 5.97 Å². The molecule has 21 heavy (non-hydrogen) atoms. The maximum atomic E-state index is 12.1. The number of hydrogen-bond acceptors (Lipinski definition) is 3. The fraction of sp³-hybridized carbons (Fsp3) is 0.467. The number of carbonyl (C=O) groups is 2. The molecule has 1 aromatic rings. The normalized spacial score (nSPS) is 10.0. The first-order chi connectivity index (χ1) is 9.99. The van der Waals surface area contributed by atoms with Crippen molar-refractivity contribution in [3.05, 3.63) is 23.8 Å². The predicted octanol–water partition coefficient (Wildman–Crippen LogP) is 3.05. The van der Waals surface area contributed by atoms with Gasteiger partial charge in [-0.15, -0.1) is 0 Å². The maximum absolute atomic E-state index is 12.1. The molecule has 2 N–H and O–H groups in total. The zero-order valence-electron chi connectivity index (χ0n) is 12.7.